The predicted molar refractivity (Wildman–Crippen MR) is 85.2 cm³/mol. The van der Waals surface area contributed by atoms with Crippen LogP contribution in [0.25, 0.3) is 0 Å². The highest BCUT2D eigenvalue weighted by atomic mass is 16.2. The number of para-hydroxylation sites is 2. The highest BCUT2D eigenvalue weighted by molar-refractivity contribution is 5.94. The molecule has 2 amide bonds. The smallest absolute Gasteiger partial charge is 0.324 e. The summed E-state index contributed by atoms with van der Waals surface area (Å²) >= 11 is 0. The summed E-state index contributed by atoms with van der Waals surface area (Å²) in [7, 11) is 1.84. The van der Waals surface area contributed by atoms with E-state index in [-0.39, 0.29) is 6.03 Å². The molecule has 2 aromatic rings. The zero-order chi connectivity index (χ0) is 14.8. The molecule has 0 aliphatic carbocycles. The number of amides is 2. The fourth-order valence-electron chi connectivity index (χ4n) is 2.75. The van der Waals surface area contributed by atoms with Gasteiger partial charge in [0, 0.05) is 25.8 Å². The Morgan fingerprint density at radius 2 is 1.81 bits per heavy atom. The normalized spacial score (nSPS) is 14.2. The van der Waals surface area contributed by atoms with Crippen LogP contribution in [0.4, 0.5) is 16.2 Å². The summed E-state index contributed by atoms with van der Waals surface area (Å²) in [4.78, 5) is 16.0. The van der Waals surface area contributed by atoms with Crippen LogP contribution >= 0.6 is 0 Å². The Labute approximate surface area is 124 Å². The van der Waals surface area contributed by atoms with E-state index >= 15 is 0 Å². The topological polar surface area (TPSA) is 49.6 Å². The second kappa shape index (κ2) is 5.48. The molecule has 2 N–H and O–H groups in total. The number of nitrogen functional groups attached to an aromatic ring is 1. The highest BCUT2D eigenvalue weighted by Crippen LogP contribution is 2.28. The molecule has 108 valence electrons. The van der Waals surface area contributed by atoms with Gasteiger partial charge in [0.15, 0.2) is 0 Å². The molecule has 3 rings (SSSR count). The Hall–Kier alpha value is -2.49. The van der Waals surface area contributed by atoms with Gasteiger partial charge in [-0.1, -0.05) is 36.4 Å². The Morgan fingerprint density at radius 3 is 2.62 bits per heavy atom. The molecule has 4 heteroatoms. The third-order valence-electron chi connectivity index (χ3n) is 3.91. The summed E-state index contributed by atoms with van der Waals surface area (Å²) in [6.07, 6.45) is 0.751. The molecule has 0 bridgehead atoms. The summed E-state index contributed by atoms with van der Waals surface area (Å²) in [6, 6.07) is 15.9. The van der Waals surface area contributed by atoms with Crippen LogP contribution in [0, 0.1) is 0 Å². The molecule has 1 aliphatic heterocycles. The van der Waals surface area contributed by atoms with Crippen molar-refractivity contribution < 1.29 is 4.79 Å². The second-order valence-corrected chi connectivity index (χ2v) is 5.37. The molecule has 0 saturated carbocycles. The first-order chi connectivity index (χ1) is 10.2. The van der Waals surface area contributed by atoms with E-state index in [9.17, 15) is 4.79 Å². The number of carbonyl (C=O) groups excluding carboxylic acids is 1. The number of hydrogen-bond donors (Lipinski definition) is 1. The average molecular weight is 281 g/mol. The molecule has 1 aliphatic rings. The minimum atomic E-state index is 0.0446. The molecule has 0 unspecified atom stereocenters. The van der Waals surface area contributed by atoms with Gasteiger partial charge in [0.1, 0.15) is 0 Å². The van der Waals surface area contributed by atoms with Crippen LogP contribution in [0.5, 0.6) is 0 Å². The zero-order valence-corrected chi connectivity index (χ0v) is 12.1. The third kappa shape index (κ3) is 2.57. The van der Waals surface area contributed by atoms with Gasteiger partial charge in [0.2, 0.25) is 0 Å². The Balaban J connectivity index is 1.84. The third-order valence-corrected chi connectivity index (χ3v) is 3.91. The molecular weight excluding hydrogens is 262 g/mol. The van der Waals surface area contributed by atoms with Gasteiger partial charge in [-0.25, -0.2) is 4.79 Å². The van der Waals surface area contributed by atoms with Crippen molar-refractivity contribution in [2.24, 2.45) is 0 Å². The van der Waals surface area contributed by atoms with E-state index in [0.29, 0.717) is 13.1 Å². The first-order valence-corrected chi connectivity index (χ1v) is 7.11. The minimum absolute atomic E-state index is 0.0446. The summed E-state index contributed by atoms with van der Waals surface area (Å²) in [5.41, 5.74) is 10.0. The molecule has 0 spiro atoms. The second-order valence-electron chi connectivity index (χ2n) is 5.37. The van der Waals surface area contributed by atoms with Crippen molar-refractivity contribution in [3.05, 3.63) is 59.7 Å². The van der Waals surface area contributed by atoms with Crippen LogP contribution in [0.2, 0.25) is 0 Å². The lowest BCUT2D eigenvalue weighted by atomic mass is 10.1. The van der Waals surface area contributed by atoms with E-state index in [1.54, 1.807) is 4.90 Å². The number of anilines is 2. The highest BCUT2D eigenvalue weighted by Gasteiger charge is 2.27. The Kier molecular flexibility index (Phi) is 3.52. The minimum Gasteiger partial charge on any atom is -0.399 e. The van der Waals surface area contributed by atoms with Gasteiger partial charge in [-0.3, -0.25) is 4.90 Å². The van der Waals surface area contributed by atoms with E-state index in [0.717, 1.165) is 23.4 Å². The number of nitrogens with two attached hydrogens (primary N) is 1. The van der Waals surface area contributed by atoms with Crippen molar-refractivity contribution in [2.75, 3.05) is 24.2 Å². The van der Waals surface area contributed by atoms with Gasteiger partial charge in [-0.05, 0) is 29.7 Å². The first-order valence-electron chi connectivity index (χ1n) is 7.11. The van der Waals surface area contributed by atoms with Gasteiger partial charge in [0.25, 0.3) is 0 Å². The molecule has 0 atom stereocenters. The van der Waals surface area contributed by atoms with Crippen molar-refractivity contribution in [1.82, 2.24) is 4.90 Å². The molecule has 0 aromatic heterocycles. The average Bonchev–Trinajstić information content (AvgIpc) is 2.49. The molecule has 0 saturated heterocycles. The number of benzene rings is 2. The molecular formula is C17H19N3O. The van der Waals surface area contributed by atoms with Crippen molar-refractivity contribution >= 4 is 17.4 Å². The lowest BCUT2D eigenvalue weighted by Crippen LogP contribution is -2.46. The quantitative estimate of drug-likeness (QED) is 0.879. The number of fused-ring (bicyclic) bond motifs is 1. The number of nitrogens with zero attached hydrogens (tertiary/aromatic N) is 2. The van der Waals surface area contributed by atoms with Crippen LogP contribution < -0.4 is 10.6 Å². The van der Waals surface area contributed by atoms with Gasteiger partial charge in [0.05, 0.1) is 5.69 Å². The lowest BCUT2D eigenvalue weighted by Gasteiger charge is -2.35. The maximum absolute atomic E-state index is 12.4. The Bertz CT molecular complexity index is 669. The fraction of sp³-hybridized carbons (Fsp3) is 0.235. The maximum Gasteiger partial charge on any atom is 0.324 e. The van der Waals surface area contributed by atoms with E-state index in [1.807, 2.05) is 54.4 Å². The van der Waals surface area contributed by atoms with Crippen LogP contribution in [-0.2, 0) is 13.0 Å². The maximum atomic E-state index is 12.4. The molecule has 0 radical (unpaired) electrons. The molecule has 2 aromatic carbocycles. The summed E-state index contributed by atoms with van der Waals surface area (Å²) in [5, 5.41) is 0. The van der Waals surface area contributed by atoms with E-state index in [1.165, 1.54) is 5.56 Å². The van der Waals surface area contributed by atoms with Crippen LogP contribution in [0.1, 0.15) is 11.1 Å². The van der Waals surface area contributed by atoms with Crippen molar-refractivity contribution in [3.63, 3.8) is 0 Å². The lowest BCUT2D eigenvalue weighted by molar-refractivity contribution is 0.210. The summed E-state index contributed by atoms with van der Waals surface area (Å²) in [6.45, 7) is 1.30. The molecule has 4 nitrogen and oxygen atoms in total. The van der Waals surface area contributed by atoms with Gasteiger partial charge in [-0.15, -0.1) is 0 Å². The zero-order valence-electron chi connectivity index (χ0n) is 12.1. The van der Waals surface area contributed by atoms with Gasteiger partial charge >= 0.3 is 6.03 Å². The van der Waals surface area contributed by atoms with Crippen molar-refractivity contribution in [2.45, 2.75) is 13.0 Å². The van der Waals surface area contributed by atoms with E-state index in [4.69, 9.17) is 5.73 Å². The molecule has 21 heavy (non-hydrogen) atoms. The Morgan fingerprint density at radius 1 is 1.10 bits per heavy atom. The van der Waals surface area contributed by atoms with E-state index in [2.05, 4.69) is 6.07 Å². The first kappa shape index (κ1) is 13.5. The predicted octanol–water partition coefficient (Wildman–Crippen LogP) is 2.88. The monoisotopic (exact) mass is 281 g/mol. The molecule has 0 fully saturated rings. The molecule has 1 heterocycles. The standard InChI is InChI=1S/C17H19N3O/c1-19-12-14-7-3-5-9-16(14)20(17(19)21)11-10-13-6-2-4-8-15(13)18/h2-9H,10-12,18H2,1H3. The van der Waals surface area contributed by atoms with E-state index < -0.39 is 0 Å². The SMILES string of the molecule is CN1Cc2ccccc2N(CCc2ccccc2N)C1=O. The fourth-order valence-corrected chi connectivity index (χ4v) is 2.75. The largest absolute Gasteiger partial charge is 0.399 e. The van der Waals surface area contributed by atoms with Gasteiger partial charge < -0.3 is 10.6 Å². The summed E-state index contributed by atoms with van der Waals surface area (Å²) < 4.78 is 0. The number of carbonyl (C=O) groups is 1. The number of rotatable bonds is 3. The van der Waals surface area contributed by atoms with Crippen molar-refractivity contribution in [1.29, 1.82) is 0 Å². The summed E-state index contributed by atoms with van der Waals surface area (Å²) in [5.74, 6) is 0. The number of urea groups is 1. The van der Waals surface area contributed by atoms with Crippen LogP contribution in [0.3, 0.4) is 0 Å². The van der Waals surface area contributed by atoms with Gasteiger partial charge in [-0.2, -0.15) is 0 Å². The number of hydrogen-bond acceptors (Lipinski definition) is 2. The van der Waals surface area contributed by atoms with Crippen LogP contribution in [-0.4, -0.2) is 24.5 Å². The van der Waals surface area contributed by atoms with Crippen molar-refractivity contribution in [3.8, 4) is 0 Å². The van der Waals surface area contributed by atoms with Crippen LogP contribution in [0.15, 0.2) is 48.5 Å².